The summed E-state index contributed by atoms with van der Waals surface area (Å²) in [7, 11) is 1.53. The standard InChI is InChI=1S/C25H18BrIN2O6/c1-14-7-8-16(12-21(14)29(31)32)24-28-20(25(30)35-24)10-15-9-18(26)23(22(11-15)33-2)34-13-17-5-3-4-6-19(17)27/h3-12H,13H2,1-2H3/b20-10-. The van der Waals surface area contributed by atoms with Crippen LogP contribution in [0.5, 0.6) is 11.5 Å². The number of cyclic esters (lactones) is 1. The molecule has 1 aliphatic heterocycles. The molecule has 0 spiro atoms. The topological polar surface area (TPSA) is 100 Å². The molecule has 178 valence electrons. The Bertz CT molecular complexity index is 1400. The third-order valence-electron chi connectivity index (χ3n) is 5.16. The van der Waals surface area contributed by atoms with Gasteiger partial charge in [-0.1, -0.05) is 24.3 Å². The molecule has 0 aliphatic carbocycles. The zero-order valence-corrected chi connectivity index (χ0v) is 22.3. The van der Waals surface area contributed by atoms with Gasteiger partial charge >= 0.3 is 5.97 Å². The predicted octanol–water partition coefficient (Wildman–Crippen LogP) is 6.20. The largest absolute Gasteiger partial charge is 0.493 e. The van der Waals surface area contributed by atoms with Crippen molar-refractivity contribution in [3.8, 4) is 11.5 Å². The van der Waals surface area contributed by atoms with Crippen molar-refractivity contribution in [2.75, 3.05) is 7.11 Å². The van der Waals surface area contributed by atoms with Gasteiger partial charge in [0.1, 0.15) is 6.61 Å². The second-order valence-corrected chi connectivity index (χ2v) is 9.53. The average Bonchev–Trinajstić information content (AvgIpc) is 3.19. The van der Waals surface area contributed by atoms with Gasteiger partial charge in [0.2, 0.25) is 5.90 Å². The maximum Gasteiger partial charge on any atom is 0.363 e. The van der Waals surface area contributed by atoms with Crippen molar-refractivity contribution in [2.45, 2.75) is 13.5 Å². The van der Waals surface area contributed by atoms with Crippen molar-refractivity contribution in [3.05, 3.63) is 101 Å². The number of benzene rings is 3. The van der Waals surface area contributed by atoms with Crippen LogP contribution in [0.25, 0.3) is 6.08 Å². The number of esters is 1. The smallest absolute Gasteiger partial charge is 0.363 e. The van der Waals surface area contributed by atoms with Crippen molar-refractivity contribution >= 4 is 62.2 Å². The van der Waals surface area contributed by atoms with Gasteiger partial charge in [-0.2, -0.15) is 0 Å². The normalized spacial score (nSPS) is 14.0. The van der Waals surface area contributed by atoms with Crippen molar-refractivity contribution in [3.63, 3.8) is 0 Å². The summed E-state index contributed by atoms with van der Waals surface area (Å²) in [6, 6.07) is 16.0. The summed E-state index contributed by atoms with van der Waals surface area (Å²) in [5.74, 6) is 0.353. The Morgan fingerprint density at radius 1 is 1.20 bits per heavy atom. The first kappa shape index (κ1) is 24.9. The molecule has 3 aromatic rings. The fraction of sp³-hybridized carbons (Fsp3) is 0.120. The molecule has 0 saturated heterocycles. The lowest BCUT2D eigenvalue weighted by Crippen LogP contribution is -2.06. The number of halogens is 2. The van der Waals surface area contributed by atoms with Gasteiger partial charge in [-0.15, -0.1) is 0 Å². The number of aryl methyl sites for hydroxylation is 1. The first-order valence-corrected chi connectivity index (χ1v) is 12.2. The zero-order valence-electron chi connectivity index (χ0n) is 18.6. The van der Waals surface area contributed by atoms with E-state index in [0.717, 1.165) is 9.13 Å². The first-order valence-electron chi connectivity index (χ1n) is 10.3. The predicted molar refractivity (Wildman–Crippen MR) is 143 cm³/mol. The molecular weight excluding hydrogens is 631 g/mol. The maximum atomic E-state index is 12.4. The summed E-state index contributed by atoms with van der Waals surface area (Å²) in [6.45, 7) is 1.99. The second kappa shape index (κ2) is 10.6. The van der Waals surface area contributed by atoms with E-state index in [1.807, 2.05) is 24.3 Å². The lowest BCUT2D eigenvalue weighted by atomic mass is 10.1. The maximum absolute atomic E-state index is 12.4. The van der Waals surface area contributed by atoms with Gasteiger partial charge in [-0.25, -0.2) is 9.79 Å². The van der Waals surface area contributed by atoms with Crippen LogP contribution in [0.1, 0.15) is 22.3 Å². The molecule has 0 radical (unpaired) electrons. The van der Waals surface area contributed by atoms with Gasteiger partial charge in [-0.05, 0) is 81.3 Å². The highest BCUT2D eigenvalue weighted by Crippen LogP contribution is 2.38. The molecule has 3 aromatic carbocycles. The molecule has 0 aromatic heterocycles. The number of nitrogens with zero attached hydrogens (tertiary/aromatic N) is 2. The summed E-state index contributed by atoms with van der Waals surface area (Å²) < 4.78 is 18.5. The monoisotopic (exact) mass is 648 g/mol. The van der Waals surface area contributed by atoms with Crippen molar-refractivity contribution in [2.24, 2.45) is 4.99 Å². The van der Waals surface area contributed by atoms with Gasteiger partial charge in [0, 0.05) is 26.3 Å². The minimum absolute atomic E-state index is 0.00722. The molecule has 4 rings (SSSR count). The highest BCUT2D eigenvalue weighted by Gasteiger charge is 2.26. The lowest BCUT2D eigenvalue weighted by molar-refractivity contribution is -0.385. The summed E-state index contributed by atoms with van der Waals surface area (Å²) in [6.07, 6.45) is 1.55. The number of methoxy groups -OCH3 is 1. The van der Waals surface area contributed by atoms with Crippen LogP contribution < -0.4 is 9.47 Å². The van der Waals surface area contributed by atoms with Crippen LogP contribution in [0.3, 0.4) is 0 Å². The molecule has 1 heterocycles. The van der Waals surface area contributed by atoms with Gasteiger partial charge in [0.15, 0.2) is 17.2 Å². The van der Waals surface area contributed by atoms with E-state index in [-0.39, 0.29) is 17.3 Å². The second-order valence-electron chi connectivity index (χ2n) is 7.51. The van der Waals surface area contributed by atoms with E-state index < -0.39 is 10.9 Å². The fourth-order valence-corrected chi connectivity index (χ4v) is 4.48. The van der Waals surface area contributed by atoms with Crippen LogP contribution >= 0.6 is 38.5 Å². The third-order valence-corrected chi connectivity index (χ3v) is 6.80. The Balaban J connectivity index is 1.61. The van der Waals surface area contributed by atoms with Gasteiger partial charge < -0.3 is 14.2 Å². The Labute approximate surface area is 223 Å². The van der Waals surface area contributed by atoms with E-state index in [2.05, 4.69) is 43.5 Å². The number of ether oxygens (including phenoxy) is 3. The Hall–Kier alpha value is -3.25. The molecule has 0 N–H and O–H groups in total. The number of carbonyl (C=O) groups excluding carboxylic acids is 1. The molecule has 1 aliphatic rings. The lowest BCUT2D eigenvalue weighted by Gasteiger charge is -2.14. The van der Waals surface area contributed by atoms with Crippen molar-refractivity contribution < 1.29 is 23.9 Å². The number of hydrogen-bond acceptors (Lipinski definition) is 7. The van der Waals surface area contributed by atoms with Crippen LogP contribution in [0.15, 0.2) is 69.8 Å². The molecule has 0 saturated carbocycles. The van der Waals surface area contributed by atoms with Crippen LogP contribution in [0.2, 0.25) is 0 Å². The van der Waals surface area contributed by atoms with Crippen LogP contribution in [0.4, 0.5) is 5.69 Å². The Morgan fingerprint density at radius 2 is 1.97 bits per heavy atom. The molecule has 0 atom stereocenters. The fourth-order valence-electron chi connectivity index (χ4n) is 3.36. The molecule has 0 unspecified atom stereocenters. The number of nitro groups is 1. The summed E-state index contributed by atoms with van der Waals surface area (Å²) >= 11 is 5.78. The van der Waals surface area contributed by atoms with Gasteiger partial charge in [0.25, 0.3) is 5.69 Å². The number of nitro benzene ring substituents is 1. The van der Waals surface area contributed by atoms with Crippen LogP contribution in [-0.4, -0.2) is 23.9 Å². The molecule has 35 heavy (non-hydrogen) atoms. The highest BCUT2D eigenvalue weighted by atomic mass is 127. The zero-order chi connectivity index (χ0) is 25.1. The number of hydrogen-bond donors (Lipinski definition) is 0. The van der Waals surface area contributed by atoms with Crippen LogP contribution in [-0.2, 0) is 16.1 Å². The summed E-state index contributed by atoms with van der Waals surface area (Å²) in [5.41, 5.74) is 2.50. The quantitative estimate of drug-likeness (QED) is 0.0994. The van der Waals surface area contributed by atoms with Crippen molar-refractivity contribution in [1.82, 2.24) is 0 Å². The van der Waals surface area contributed by atoms with Gasteiger partial charge in [0.05, 0.1) is 16.5 Å². The Kier molecular flexibility index (Phi) is 7.51. The molecule has 8 nitrogen and oxygen atoms in total. The van der Waals surface area contributed by atoms with E-state index >= 15 is 0 Å². The van der Waals surface area contributed by atoms with E-state index in [0.29, 0.717) is 39.3 Å². The van der Waals surface area contributed by atoms with E-state index in [1.165, 1.54) is 13.2 Å². The minimum atomic E-state index is -0.655. The van der Waals surface area contributed by atoms with E-state index in [9.17, 15) is 14.9 Å². The average molecular weight is 649 g/mol. The molecule has 10 heteroatoms. The molecule has 0 amide bonds. The number of aliphatic imine (C=N–C) groups is 1. The minimum Gasteiger partial charge on any atom is -0.493 e. The Morgan fingerprint density at radius 3 is 2.69 bits per heavy atom. The van der Waals surface area contributed by atoms with E-state index in [4.69, 9.17) is 14.2 Å². The van der Waals surface area contributed by atoms with Crippen molar-refractivity contribution in [1.29, 1.82) is 0 Å². The first-order chi connectivity index (χ1) is 16.8. The van der Waals surface area contributed by atoms with E-state index in [1.54, 1.807) is 37.3 Å². The number of rotatable bonds is 7. The molecule has 0 bridgehead atoms. The highest BCUT2D eigenvalue weighted by molar-refractivity contribution is 14.1. The third kappa shape index (κ3) is 5.54. The SMILES string of the molecule is COc1cc(/C=C2\N=C(c3ccc(C)c([N+](=O)[O-])c3)OC2=O)cc(Br)c1OCc1ccccc1I. The molecule has 0 fully saturated rings. The number of carbonyl (C=O) groups is 1. The summed E-state index contributed by atoms with van der Waals surface area (Å²) in [5, 5.41) is 11.2. The van der Waals surface area contributed by atoms with Crippen LogP contribution in [0, 0.1) is 20.6 Å². The van der Waals surface area contributed by atoms with Gasteiger partial charge in [-0.3, -0.25) is 10.1 Å². The molecular formula is C25H18BrIN2O6. The summed E-state index contributed by atoms with van der Waals surface area (Å²) in [4.78, 5) is 27.4.